The quantitative estimate of drug-likeness (QED) is 0.347. The minimum absolute atomic E-state index is 0.721. The van der Waals surface area contributed by atoms with E-state index in [0.717, 1.165) is 35.8 Å². The van der Waals surface area contributed by atoms with Crippen LogP contribution in [0.3, 0.4) is 0 Å². The molecule has 0 amide bonds. The van der Waals surface area contributed by atoms with Gasteiger partial charge in [-0.15, -0.1) is 0 Å². The van der Waals surface area contributed by atoms with E-state index in [1.165, 1.54) is 67.2 Å². The van der Waals surface area contributed by atoms with Crippen molar-refractivity contribution >= 4 is 0 Å². The number of aryl methyl sites for hydroxylation is 3. The summed E-state index contributed by atoms with van der Waals surface area (Å²) in [5.41, 5.74) is 8.65. The van der Waals surface area contributed by atoms with Crippen LogP contribution < -0.4 is 0 Å². The van der Waals surface area contributed by atoms with Crippen molar-refractivity contribution in [3.63, 3.8) is 0 Å². The molecule has 0 aromatic heterocycles. The molecular weight excluding hydrogens is 398 g/mol. The van der Waals surface area contributed by atoms with E-state index in [1.807, 2.05) is 12.1 Å². The van der Waals surface area contributed by atoms with Gasteiger partial charge in [0.1, 0.15) is 0 Å². The number of nitriles is 1. The highest BCUT2D eigenvalue weighted by atomic mass is 14.3. The van der Waals surface area contributed by atoms with Crippen molar-refractivity contribution in [2.75, 3.05) is 0 Å². The molecule has 1 saturated carbocycles. The largest absolute Gasteiger partial charge is 0.192 e. The summed E-state index contributed by atoms with van der Waals surface area (Å²) in [5, 5.41) is 9.08. The molecule has 0 bridgehead atoms. The fraction of sp³-hybridized carbons (Fsp3) is 0.406. The van der Waals surface area contributed by atoms with Crippen LogP contribution in [0.5, 0.6) is 0 Å². The van der Waals surface area contributed by atoms with E-state index in [2.05, 4.69) is 74.5 Å². The normalized spacial score (nSPS) is 18.1. The number of nitrogens with zero attached hydrogens (tertiary/aromatic N) is 1. The highest BCUT2D eigenvalue weighted by Gasteiger charge is 2.21. The first-order chi connectivity index (χ1) is 16.2. The second-order valence-corrected chi connectivity index (χ2v) is 9.94. The number of benzene rings is 3. The summed E-state index contributed by atoms with van der Waals surface area (Å²) in [6, 6.07) is 26.6. The van der Waals surface area contributed by atoms with Gasteiger partial charge in [-0.25, -0.2) is 0 Å². The van der Waals surface area contributed by atoms with Gasteiger partial charge < -0.3 is 0 Å². The molecule has 0 unspecified atom stereocenters. The lowest BCUT2D eigenvalue weighted by atomic mass is 9.77. The molecule has 0 aliphatic heterocycles. The molecule has 1 nitrogen and oxygen atoms in total. The molecule has 0 N–H and O–H groups in total. The van der Waals surface area contributed by atoms with Crippen molar-refractivity contribution in [1.29, 1.82) is 5.26 Å². The van der Waals surface area contributed by atoms with Crippen LogP contribution in [0, 0.1) is 24.2 Å². The van der Waals surface area contributed by atoms with Crippen molar-refractivity contribution in [2.45, 2.75) is 77.6 Å². The minimum Gasteiger partial charge on any atom is -0.192 e. The maximum atomic E-state index is 9.08. The van der Waals surface area contributed by atoms with Gasteiger partial charge in [0.05, 0.1) is 11.6 Å². The average molecular weight is 436 g/mol. The summed E-state index contributed by atoms with van der Waals surface area (Å²) in [7, 11) is 0. The lowest BCUT2D eigenvalue weighted by molar-refractivity contribution is 0.304. The van der Waals surface area contributed by atoms with Crippen LogP contribution in [0.1, 0.15) is 85.6 Å². The summed E-state index contributed by atoms with van der Waals surface area (Å²) in [5.74, 6) is 1.75. The Morgan fingerprint density at radius 3 is 2.03 bits per heavy atom. The predicted molar refractivity (Wildman–Crippen MR) is 139 cm³/mol. The first-order valence-corrected chi connectivity index (χ1v) is 12.8. The highest BCUT2D eigenvalue weighted by Crippen LogP contribution is 2.37. The van der Waals surface area contributed by atoms with E-state index < -0.39 is 0 Å². The molecule has 0 spiro atoms. The summed E-state index contributed by atoms with van der Waals surface area (Å²) >= 11 is 0. The van der Waals surface area contributed by atoms with E-state index in [1.54, 1.807) is 5.56 Å². The van der Waals surface area contributed by atoms with Gasteiger partial charge in [0.2, 0.25) is 0 Å². The van der Waals surface area contributed by atoms with Crippen LogP contribution in [-0.2, 0) is 12.8 Å². The molecule has 0 radical (unpaired) electrons. The molecule has 33 heavy (non-hydrogen) atoms. The smallest absolute Gasteiger partial charge is 0.0991 e. The zero-order valence-corrected chi connectivity index (χ0v) is 20.3. The zero-order chi connectivity index (χ0) is 23.0. The third-order valence-corrected chi connectivity index (χ3v) is 7.59. The second kappa shape index (κ2) is 11.3. The van der Waals surface area contributed by atoms with E-state index in [-0.39, 0.29) is 0 Å². The topological polar surface area (TPSA) is 23.8 Å². The van der Waals surface area contributed by atoms with Crippen LogP contribution in [0.15, 0.2) is 66.7 Å². The Labute approximate surface area is 200 Å². The second-order valence-electron chi connectivity index (χ2n) is 9.94. The standard InChI is InChI=1S/C32H37N/c1-3-4-5-25-8-15-29(16-9-25)30-17-10-26(11-18-30)6-7-27-12-19-31(20-13-27)32-21-14-28(23-33)22-24(32)2/h10-14,17-22,25,29H,3-9,15-16H2,1-2H3. The van der Waals surface area contributed by atoms with Crippen LogP contribution in [0.2, 0.25) is 0 Å². The molecule has 3 aromatic rings. The highest BCUT2D eigenvalue weighted by molar-refractivity contribution is 5.68. The van der Waals surface area contributed by atoms with Gasteiger partial charge >= 0.3 is 0 Å². The fourth-order valence-electron chi connectivity index (χ4n) is 5.43. The number of hydrogen-bond donors (Lipinski definition) is 0. The van der Waals surface area contributed by atoms with Crippen molar-refractivity contribution < 1.29 is 0 Å². The molecule has 0 heterocycles. The Kier molecular flexibility index (Phi) is 8.01. The maximum absolute atomic E-state index is 9.08. The molecule has 0 saturated heterocycles. The lowest BCUT2D eigenvalue weighted by Crippen LogP contribution is -2.13. The summed E-state index contributed by atoms with van der Waals surface area (Å²) in [6.45, 7) is 4.38. The number of rotatable bonds is 8. The van der Waals surface area contributed by atoms with Crippen LogP contribution in [0.25, 0.3) is 11.1 Å². The summed E-state index contributed by atoms with van der Waals surface area (Å²) < 4.78 is 0. The monoisotopic (exact) mass is 435 g/mol. The Morgan fingerprint density at radius 1 is 0.818 bits per heavy atom. The zero-order valence-electron chi connectivity index (χ0n) is 20.3. The third-order valence-electron chi connectivity index (χ3n) is 7.59. The van der Waals surface area contributed by atoms with Crippen molar-refractivity contribution in [2.24, 2.45) is 5.92 Å². The Bertz CT molecular complexity index is 1060. The first-order valence-electron chi connectivity index (χ1n) is 12.8. The average Bonchev–Trinajstić information content (AvgIpc) is 2.87. The van der Waals surface area contributed by atoms with Crippen LogP contribution >= 0.6 is 0 Å². The van der Waals surface area contributed by atoms with Gasteiger partial charge in [-0.05, 0) is 103 Å². The fourth-order valence-corrected chi connectivity index (χ4v) is 5.43. The van der Waals surface area contributed by atoms with E-state index >= 15 is 0 Å². The minimum atomic E-state index is 0.721. The lowest BCUT2D eigenvalue weighted by Gasteiger charge is -2.29. The van der Waals surface area contributed by atoms with Gasteiger partial charge in [-0.2, -0.15) is 5.26 Å². The van der Waals surface area contributed by atoms with Gasteiger partial charge in [-0.1, -0.05) is 80.8 Å². The maximum Gasteiger partial charge on any atom is 0.0991 e. The first kappa shape index (κ1) is 23.3. The van der Waals surface area contributed by atoms with Gasteiger partial charge in [0, 0.05) is 0 Å². The molecule has 1 fully saturated rings. The predicted octanol–water partition coefficient (Wildman–Crippen LogP) is 8.78. The molecule has 0 atom stereocenters. The van der Waals surface area contributed by atoms with E-state index in [4.69, 9.17) is 5.26 Å². The van der Waals surface area contributed by atoms with Crippen LogP contribution in [0.4, 0.5) is 0 Å². The van der Waals surface area contributed by atoms with Crippen LogP contribution in [-0.4, -0.2) is 0 Å². The molecule has 1 heteroatoms. The molecule has 1 aliphatic carbocycles. The Morgan fingerprint density at radius 2 is 1.45 bits per heavy atom. The van der Waals surface area contributed by atoms with E-state index in [0.29, 0.717) is 0 Å². The van der Waals surface area contributed by atoms with Crippen molar-refractivity contribution in [3.8, 4) is 17.2 Å². The summed E-state index contributed by atoms with van der Waals surface area (Å²) in [4.78, 5) is 0. The molecule has 4 rings (SSSR count). The Hall–Kier alpha value is -2.85. The molecule has 1 aliphatic rings. The number of unbranched alkanes of at least 4 members (excludes halogenated alkanes) is 1. The van der Waals surface area contributed by atoms with Crippen molar-refractivity contribution in [1.82, 2.24) is 0 Å². The number of hydrogen-bond acceptors (Lipinski definition) is 1. The SMILES string of the molecule is CCCCC1CCC(c2ccc(CCc3ccc(-c4ccc(C#N)cc4C)cc3)cc2)CC1. The summed E-state index contributed by atoms with van der Waals surface area (Å²) in [6.07, 6.45) is 11.9. The third kappa shape index (κ3) is 6.14. The van der Waals surface area contributed by atoms with Gasteiger partial charge in [-0.3, -0.25) is 0 Å². The Balaban J connectivity index is 1.29. The van der Waals surface area contributed by atoms with Crippen molar-refractivity contribution in [3.05, 3.63) is 94.5 Å². The molecular formula is C32H37N. The van der Waals surface area contributed by atoms with Gasteiger partial charge in [0.15, 0.2) is 0 Å². The molecule has 170 valence electrons. The van der Waals surface area contributed by atoms with Gasteiger partial charge in [0.25, 0.3) is 0 Å². The molecule has 3 aromatic carbocycles. The van der Waals surface area contributed by atoms with E-state index in [9.17, 15) is 0 Å².